The summed E-state index contributed by atoms with van der Waals surface area (Å²) < 4.78 is 7.09. The Kier molecular flexibility index (Phi) is 3.47. The number of ether oxygens (including phenoxy) is 1. The number of carboxylic acid groups (broad SMARTS) is 1. The molecule has 0 saturated heterocycles. The molecule has 94 valence electrons. The molecule has 7 heteroatoms. The zero-order chi connectivity index (χ0) is 13.1. The molecule has 0 amide bonds. The monoisotopic (exact) mass is 267 g/mol. The number of imidazole rings is 1. The summed E-state index contributed by atoms with van der Waals surface area (Å²) in [4.78, 5) is 18.6. The lowest BCUT2D eigenvalue weighted by Gasteiger charge is -2.06. The summed E-state index contributed by atoms with van der Waals surface area (Å²) in [5.74, 6) is -0.0391. The molecule has 6 nitrogen and oxygen atoms in total. The van der Waals surface area contributed by atoms with Crippen molar-refractivity contribution in [3.8, 4) is 5.75 Å². The van der Waals surface area contributed by atoms with Crippen LogP contribution in [-0.2, 0) is 13.7 Å². The van der Waals surface area contributed by atoms with Crippen LogP contribution in [0.1, 0.15) is 16.2 Å². The Bertz CT molecular complexity index is 583. The molecule has 0 radical (unpaired) electrons. The normalized spacial score (nSPS) is 10.3. The molecule has 0 aromatic carbocycles. The zero-order valence-corrected chi connectivity index (χ0v) is 10.3. The maximum atomic E-state index is 10.8. The first-order valence-corrected chi connectivity index (χ1v) is 5.43. The van der Waals surface area contributed by atoms with Crippen molar-refractivity contribution in [2.24, 2.45) is 7.05 Å². The van der Waals surface area contributed by atoms with Gasteiger partial charge >= 0.3 is 5.97 Å². The summed E-state index contributed by atoms with van der Waals surface area (Å²) in [7, 11) is 1.76. The molecular formula is C11H10ClN3O3. The van der Waals surface area contributed by atoms with E-state index in [0.717, 1.165) is 0 Å². The molecule has 0 fully saturated rings. The maximum Gasteiger partial charge on any atom is 0.337 e. The average Bonchev–Trinajstić information content (AvgIpc) is 2.68. The van der Waals surface area contributed by atoms with Gasteiger partial charge in [-0.2, -0.15) is 0 Å². The summed E-state index contributed by atoms with van der Waals surface area (Å²) in [6, 6.07) is 1.40. The van der Waals surface area contributed by atoms with Gasteiger partial charge in [0.2, 0.25) is 0 Å². The molecule has 2 heterocycles. The van der Waals surface area contributed by atoms with E-state index in [1.165, 1.54) is 24.7 Å². The molecule has 0 unspecified atom stereocenters. The number of rotatable bonds is 4. The molecule has 18 heavy (non-hydrogen) atoms. The van der Waals surface area contributed by atoms with Crippen molar-refractivity contribution in [3.05, 3.63) is 41.2 Å². The second-order valence-electron chi connectivity index (χ2n) is 3.56. The fraction of sp³-hybridized carbons (Fsp3) is 0.182. The lowest BCUT2D eigenvalue weighted by molar-refractivity contribution is 0.0696. The topological polar surface area (TPSA) is 77.2 Å². The van der Waals surface area contributed by atoms with Crippen molar-refractivity contribution in [2.45, 2.75) is 6.61 Å². The second-order valence-corrected chi connectivity index (χ2v) is 3.95. The van der Waals surface area contributed by atoms with Crippen LogP contribution in [-0.4, -0.2) is 25.6 Å². The molecule has 0 atom stereocenters. The Morgan fingerprint density at radius 1 is 1.50 bits per heavy atom. The predicted molar refractivity (Wildman–Crippen MR) is 63.7 cm³/mol. The highest BCUT2D eigenvalue weighted by Gasteiger charge is 2.07. The standard InChI is InChI=1S/C11H10ClN3O3/c1-15-9(12)5-14-10(15)6-18-8-2-7(11(16)17)3-13-4-8/h2-5H,6H2,1H3,(H,16,17). The van der Waals surface area contributed by atoms with Gasteiger partial charge in [0.25, 0.3) is 0 Å². The van der Waals surface area contributed by atoms with Crippen molar-refractivity contribution >= 4 is 17.6 Å². The highest BCUT2D eigenvalue weighted by Crippen LogP contribution is 2.14. The van der Waals surface area contributed by atoms with Crippen LogP contribution < -0.4 is 4.74 Å². The second kappa shape index (κ2) is 5.05. The van der Waals surface area contributed by atoms with Crippen LogP contribution >= 0.6 is 11.6 Å². The third-order valence-corrected chi connectivity index (χ3v) is 2.71. The minimum absolute atomic E-state index is 0.0744. The summed E-state index contributed by atoms with van der Waals surface area (Å²) in [5.41, 5.74) is 0.0744. The van der Waals surface area contributed by atoms with Crippen LogP contribution in [0.4, 0.5) is 0 Å². The highest BCUT2D eigenvalue weighted by atomic mass is 35.5. The van der Waals surface area contributed by atoms with Gasteiger partial charge in [-0.1, -0.05) is 11.6 Å². The zero-order valence-electron chi connectivity index (χ0n) is 9.50. The SMILES string of the molecule is Cn1c(Cl)cnc1COc1cncc(C(=O)O)c1. The van der Waals surface area contributed by atoms with Gasteiger partial charge in [-0.3, -0.25) is 4.98 Å². The smallest absolute Gasteiger partial charge is 0.337 e. The first-order chi connectivity index (χ1) is 8.58. The van der Waals surface area contributed by atoms with Gasteiger partial charge < -0.3 is 14.4 Å². The Morgan fingerprint density at radius 3 is 2.89 bits per heavy atom. The third-order valence-electron chi connectivity index (χ3n) is 2.36. The van der Waals surface area contributed by atoms with Crippen LogP contribution in [0.15, 0.2) is 24.7 Å². The summed E-state index contributed by atoms with van der Waals surface area (Å²) in [5, 5.41) is 9.32. The third kappa shape index (κ3) is 2.60. The number of halogens is 1. The summed E-state index contributed by atoms with van der Waals surface area (Å²) >= 11 is 5.83. The van der Waals surface area contributed by atoms with Crippen LogP contribution in [0.2, 0.25) is 5.15 Å². The Labute approximate surface area is 108 Å². The van der Waals surface area contributed by atoms with Crippen LogP contribution in [0.3, 0.4) is 0 Å². The van der Waals surface area contributed by atoms with Gasteiger partial charge in [-0.25, -0.2) is 9.78 Å². The average molecular weight is 268 g/mol. The minimum atomic E-state index is -1.05. The van der Waals surface area contributed by atoms with Gasteiger partial charge in [0.1, 0.15) is 23.3 Å². The van der Waals surface area contributed by atoms with E-state index in [2.05, 4.69) is 9.97 Å². The predicted octanol–water partition coefficient (Wildman–Crippen LogP) is 1.75. The van der Waals surface area contributed by atoms with Gasteiger partial charge in [0.15, 0.2) is 0 Å². The molecule has 2 rings (SSSR count). The van der Waals surface area contributed by atoms with Gasteiger partial charge in [-0.15, -0.1) is 0 Å². The van der Waals surface area contributed by atoms with Gasteiger partial charge in [0.05, 0.1) is 18.0 Å². The quantitative estimate of drug-likeness (QED) is 0.913. The molecule has 1 N–H and O–H groups in total. The lowest BCUT2D eigenvalue weighted by atomic mass is 10.3. The lowest BCUT2D eigenvalue weighted by Crippen LogP contribution is -2.05. The molecular weight excluding hydrogens is 258 g/mol. The Hall–Kier alpha value is -2.08. The van der Waals surface area contributed by atoms with Gasteiger partial charge in [0, 0.05) is 13.2 Å². The van der Waals surface area contributed by atoms with E-state index in [1.54, 1.807) is 11.6 Å². The van der Waals surface area contributed by atoms with Crippen molar-refractivity contribution in [3.63, 3.8) is 0 Å². The number of nitrogens with zero attached hydrogens (tertiary/aromatic N) is 3. The molecule has 0 bridgehead atoms. The molecule has 2 aromatic rings. The fourth-order valence-electron chi connectivity index (χ4n) is 1.32. The Morgan fingerprint density at radius 2 is 2.28 bits per heavy atom. The van der Waals surface area contributed by atoms with Crippen LogP contribution in [0, 0.1) is 0 Å². The minimum Gasteiger partial charge on any atom is -0.484 e. The van der Waals surface area contributed by atoms with E-state index >= 15 is 0 Å². The van der Waals surface area contributed by atoms with Crippen molar-refractivity contribution in [1.82, 2.24) is 14.5 Å². The van der Waals surface area contributed by atoms with E-state index in [4.69, 9.17) is 21.4 Å². The number of aromatic nitrogens is 3. The number of hydrogen-bond acceptors (Lipinski definition) is 4. The van der Waals surface area contributed by atoms with E-state index in [0.29, 0.717) is 16.7 Å². The largest absolute Gasteiger partial charge is 0.484 e. The number of carboxylic acids is 1. The first-order valence-electron chi connectivity index (χ1n) is 5.05. The molecule has 0 spiro atoms. The van der Waals surface area contributed by atoms with Gasteiger partial charge in [-0.05, 0) is 6.07 Å². The van der Waals surface area contributed by atoms with Crippen molar-refractivity contribution < 1.29 is 14.6 Å². The van der Waals surface area contributed by atoms with Crippen molar-refractivity contribution in [2.75, 3.05) is 0 Å². The van der Waals surface area contributed by atoms with E-state index in [-0.39, 0.29) is 12.2 Å². The molecule has 0 saturated carbocycles. The van der Waals surface area contributed by atoms with Crippen LogP contribution in [0.5, 0.6) is 5.75 Å². The summed E-state index contributed by atoms with van der Waals surface area (Å²) in [6.45, 7) is 0.188. The summed E-state index contributed by atoms with van der Waals surface area (Å²) in [6.07, 6.45) is 4.22. The maximum absolute atomic E-state index is 10.8. The number of aromatic carboxylic acids is 1. The molecule has 0 aliphatic carbocycles. The highest BCUT2D eigenvalue weighted by molar-refractivity contribution is 6.29. The number of hydrogen-bond donors (Lipinski definition) is 1. The van der Waals surface area contributed by atoms with E-state index < -0.39 is 5.97 Å². The van der Waals surface area contributed by atoms with E-state index in [9.17, 15) is 4.79 Å². The molecule has 0 aliphatic heterocycles. The molecule has 2 aromatic heterocycles. The van der Waals surface area contributed by atoms with Crippen molar-refractivity contribution in [1.29, 1.82) is 0 Å². The fourth-order valence-corrected chi connectivity index (χ4v) is 1.47. The number of pyridine rings is 1. The number of carbonyl (C=O) groups is 1. The van der Waals surface area contributed by atoms with Crippen LogP contribution in [0.25, 0.3) is 0 Å². The molecule has 0 aliphatic rings. The first kappa shape index (κ1) is 12.4. The van der Waals surface area contributed by atoms with E-state index in [1.807, 2.05) is 0 Å². The Balaban J connectivity index is 2.08.